The van der Waals surface area contributed by atoms with Crippen LogP contribution in [-0.2, 0) is 5.33 Å². The molecule has 0 bridgehead atoms. The molecule has 1 aromatic heterocycles. The predicted octanol–water partition coefficient (Wildman–Crippen LogP) is 2.87. The first kappa shape index (κ1) is 10.0. The number of halogens is 3. The fourth-order valence-corrected chi connectivity index (χ4v) is 1.92. The van der Waals surface area contributed by atoms with Crippen molar-refractivity contribution in [1.29, 1.82) is 0 Å². The number of hydrogen-bond donors (Lipinski definition) is 0. The van der Waals surface area contributed by atoms with Crippen molar-refractivity contribution in [3.8, 4) is 0 Å². The molecule has 2 rings (SSSR count). The third-order valence-corrected chi connectivity index (χ3v) is 2.92. The van der Waals surface area contributed by atoms with Gasteiger partial charge in [0.1, 0.15) is 5.92 Å². The minimum absolute atomic E-state index is 0.0713. The Morgan fingerprint density at radius 2 is 2.36 bits per heavy atom. The molecule has 1 aliphatic rings. The van der Waals surface area contributed by atoms with Gasteiger partial charge in [0, 0.05) is 6.42 Å². The third kappa shape index (κ3) is 1.67. The fourth-order valence-electron chi connectivity index (χ4n) is 1.69. The van der Waals surface area contributed by atoms with Crippen molar-refractivity contribution >= 4 is 15.9 Å². The van der Waals surface area contributed by atoms with Crippen molar-refractivity contribution in [2.24, 2.45) is 0 Å². The lowest BCUT2D eigenvalue weighted by Gasteiger charge is -2.14. The first-order chi connectivity index (χ1) is 6.63. The molecule has 78 valence electrons. The van der Waals surface area contributed by atoms with Crippen LogP contribution < -0.4 is 0 Å². The molecule has 0 N–H and O–H groups in total. The normalized spacial score (nSPS) is 25.5. The monoisotopic (exact) mass is 266 g/mol. The Morgan fingerprint density at radius 3 is 2.86 bits per heavy atom. The van der Waals surface area contributed by atoms with E-state index in [0.717, 1.165) is 0 Å². The van der Waals surface area contributed by atoms with Crippen LogP contribution in [0.3, 0.4) is 0 Å². The smallest absolute Gasteiger partial charge is 0.259 e. The van der Waals surface area contributed by atoms with Gasteiger partial charge >= 0.3 is 0 Å². The zero-order valence-electron chi connectivity index (χ0n) is 7.34. The first-order valence-corrected chi connectivity index (χ1v) is 5.52. The lowest BCUT2D eigenvalue weighted by Crippen LogP contribution is -2.19. The molecule has 1 unspecified atom stereocenters. The van der Waals surface area contributed by atoms with Crippen LogP contribution in [0.1, 0.15) is 36.9 Å². The zero-order valence-corrected chi connectivity index (χ0v) is 8.93. The van der Waals surface area contributed by atoms with Crippen molar-refractivity contribution in [3.05, 3.63) is 11.7 Å². The number of alkyl halides is 3. The molecule has 1 fully saturated rings. The number of nitrogens with zero attached hydrogens (tertiary/aromatic N) is 2. The molecular formula is C8H9BrF2N2O. The highest BCUT2D eigenvalue weighted by molar-refractivity contribution is 9.08. The number of rotatable bonds is 2. The van der Waals surface area contributed by atoms with Gasteiger partial charge in [-0.05, 0) is 12.8 Å². The van der Waals surface area contributed by atoms with Crippen molar-refractivity contribution in [2.45, 2.75) is 36.4 Å². The molecule has 1 atom stereocenters. The molecule has 0 radical (unpaired) electrons. The summed E-state index contributed by atoms with van der Waals surface area (Å²) in [5.74, 6) is -3.08. The quantitative estimate of drug-likeness (QED) is 0.773. The molecule has 1 aliphatic carbocycles. The van der Waals surface area contributed by atoms with Crippen LogP contribution in [0.15, 0.2) is 4.52 Å². The maximum Gasteiger partial charge on any atom is 0.259 e. The van der Waals surface area contributed by atoms with Crippen molar-refractivity contribution in [3.63, 3.8) is 0 Å². The summed E-state index contributed by atoms with van der Waals surface area (Å²) in [6.45, 7) is 0. The van der Waals surface area contributed by atoms with E-state index < -0.39 is 11.8 Å². The Kier molecular flexibility index (Phi) is 2.55. The standard InChI is InChI=1S/C8H9BrF2N2O/c9-4-6-12-7(14-13-6)5-2-1-3-8(5,10)11/h5H,1-4H2. The summed E-state index contributed by atoms with van der Waals surface area (Å²) < 4.78 is 31.3. The van der Waals surface area contributed by atoms with Gasteiger partial charge in [-0.15, -0.1) is 0 Å². The predicted molar refractivity (Wildman–Crippen MR) is 48.5 cm³/mol. The van der Waals surface area contributed by atoms with Crippen LogP contribution in [-0.4, -0.2) is 16.1 Å². The summed E-state index contributed by atoms with van der Waals surface area (Å²) in [5.41, 5.74) is 0. The highest BCUT2D eigenvalue weighted by Gasteiger charge is 2.47. The minimum Gasteiger partial charge on any atom is -0.339 e. The van der Waals surface area contributed by atoms with Crippen molar-refractivity contribution < 1.29 is 13.3 Å². The molecule has 0 aliphatic heterocycles. The van der Waals surface area contributed by atoms with Crippen LogP contribution in [0.2, 0.25) is 0 Å². The van der Waals surface area contributed by atoms with Gasteiger partial charge in [-0.3, -0.25) is 0 Å². The van der Waals surface area contributed by atoms with Crippen LogP contribution >= 0.6 is 15.9 Å². The van der Waals surface area contributed by atoms with Crippen LogP contribution in [0, 0.1) is 0 Å². The second kappa shape index (κ2) is 3.56. The molecule has 6 heteroatoms. The van der Waals surface area contributed by atoms with Gasteiger partial charge in [0.05, 0.1) is 5.33 Å². The number of aromatic nitrogens is 2. The van der Waals surface area contributed by atoms with E-state index in [4.69, 9.17) is 4.52 Å². The molecular weight excluding hydrogens is 258 g/mol. The maximum atomic E-state index is 13.3. The maximum absolute atomic E-state index is 13.3. The zero-order chi connectivity index (χ0) is 10.2. The summed E-state index contributed by atoms with van der Waals surface area (Å²) >= 11 is 3.14. The van der Waals surface area contributed by atoms with Crippen LogP contribution in [0.5, 0.6) is 0 Å². The SMILES string of the molecule is FC1(F)CCCC1c1nc(CBr)no1. The van der Waals surface area contributed by atoms with Crippen LogP contribution in [0.25, 0.3) is 0 Å². The van der Waals surface area contributed by atoms with Crippen molar-refractivity contribution in [1.82, 2.24) is 10.1 Å². The second-order valence-electron chi connectivity index (χ2n) is 3.39. The van der Waals surface area contributed by atoms with Gasteiger partial charge in [0.15, 0.2) is 5.82 Å². The molecule has 14 heavy (non-hydrogen) atoms. The highest BCUT2D eigenvalue weighted by Crippen LogP contribution is 2.45. The Hall–Kier alpha value is -0.520. The van der Waals surface area contributed by atoms with Gasteiger partial charge in [-0.1, -0.05) is 21.1 Å². The highest BCUT2D eigenvalue weighted by atomic mass is 79.9. The van der Waals surface area contributed by atoms with E-state index in [-0.39, 0.29) is 12.3 Å². The van der Waals surface area contributed by atoms with E-state index in [1.54, 1.807) is 0 Å². The van der Waals surface area contributed by atoms with E-state index in [0.29, 0.717) is 24.0 Å². The van der Waals surface area contributed by atoms with Gasteiger partial charge in [-0.2, -0.15) is 4.98 Å². The van der Waals surface area contributed by atoms with E-state index in [2.05, 4.69) is 26.1 Å². The summed E-state index contributed by atoms with van der Waals surface area (Å²) in [5, 5.41) is 4.00. The summed E-state index contributed by atoms with van der Waals surface area (Å²) in [7, 11) is 0. The van der Waals surface area contributed by atoms with Gasteiger partial charge < -0.3 is 4.52 Å². The molecule has 1 heterocycles. The minimum atomic E-state index is -2.68. The van der Waals surface area contributed by atoms with Gasteiger partial charge in [-0.25, -0.2) is 8.78 Å². The molecule has 0 amide bonds. The van der Waals surface area contributed by atoms with Crippen LogP contribution in [0.4, 0.5) is 8.78 Å². The molecule has 0 spiro atoms. The molecule has 0 aromatic carbocycles. The first-order valence-electron chi connectivity index (χ1n) is 4.40. The van der Waals surface area contributed by atoms with E-state index in [1.807, 2.05) is 0 Å². The summed E-state index contributed by atoms with van der Waals surface area (Å²) in [6.07, 6.45) is 0.865. The second-order valence-corrected chi connectivity index (χ2v) is 3.95. The molecule has 1 saturated carbocycles. The Labute approximate surface area is 88.0 Å². The van der Waals surface area contributed by atoms with Gasteiger partial charge in [0.25, 0.3) is 5.92 Å². The number of hydrogen-bond acceptors (Lipinski definition) is 3. The Morgan fingerprint density at radius 1 is 1.57 bits per heavy atom. The Balaban J connectivity index is 2.22. The molecule has 0 saturated heterocycles. The largest absolute Gasteiger partial charge is 0.339 e. The average molecular weight is 267 g/mol. The molecule has 1 aromatic rings. The lowest BCUT2D eigenvalue weighted by atomic mass is 10.1. The molecule has 3 nitrogen and oxygen atoms in total. The fraction of sp³-hybridized carbons (Fsp3) is 0.750. The van der Waals surface area contributed by atoms with Gasteiger partial charge in [0.2, 0.25) is 5.89 Å². The summed E-state index contributed by atoms with van der Waals surface area (Å²) in [4.78, 5) is 3.90. The average Bonchev–Trinajstić information content (AvgIpc) is 2.70. The van der Waals surface area contributed by atoms with E-state index in [9.17, 15) is 8.78 Å². The Bertz CT molecular complexity index is 329. The van der Waals surface area contributed by atoms with Crippen molar-refractivity contribution in [2.75, 3.05) is 0 Å². The van der Waals surface area contributed by atoms with E-state index in [1.165, 1.54) is 0 Å². The third-order valence-electron chi connectivity index (χ3n) is 2.41. The summed E-state index contributed by atoms with van der Waals surface area (Å²) in [6, 6.07) is 0. The lowest BCUT2D eigenvalue weighted by molar-refractivity contribution is -0.0172. The van der Waals surface area contributed by atoms with E-state index >= 15 is 0 Å². The topological polar surface area (TPSA) is 38.9 Å².